The van der Waals surface area contributed by atoms with Crippen LogP contribution in [0.5, 0.6) is 0 Å². The molecule has 2 nitrogen and oxygen atoms in total. The Hall–Kier alpha value is 0.110. The average molecular weight is 217 g/mol. The Morgan fingerprint density at radius 1 is 1.36 bits per heavy atom. The highest BCUT2D eigenvalue weighted by Gasteiger charge is 2.20. The van der Waals surface area contributed by atoms with Crippen LogP contribution >= 0.6 is 0 Å². The molecule has 0 aromatic heterocycles. The van der Waals surface area contributed by atoms with Crippen molar-refractivity contribution in [2.75, 3.05) is 18.1 Å². The average Bonchev–Trinajstić information content (AvgIpc) is 2.17. The molecule has 3 heteroatoms. The molecule has 1 heterocycles. The SMILES string of the molecule is CCC(C)(C)CNC1CCS(=O)CC1. The fourth-order valence-corrected chi connectivity index (χ4v) is 2.84. The highest BCUT2D eigenvalue weighted by Crippen LogP contribution is 2.19. The highest BCUT2D eigenvalue weighted by atomic mass is 32.2. The van der Waals surface area contributed by atoms with E-state index in [-0.39, 0.29) is 0 Å². The van der Waals surface area contributed by atoms with Crippen molar-refractivity contribution in [3.05, 3.63) is 0 Å². The fraction of sp³-hybridized carbons (Fsp3) is 1.00. The molecule has 0 saturated carbocycles. The van der Waals surface area contributed by atoms with Crippen LogP contribution in [0.4, 0.5) is 0 Å². The third-order valence-corrected chi connectivity index (χ3v) is 4.60. The first-order valence-corrected chi connectivity index (χ1v) is 7.10. The second-order valence-corrected chi connectivity index (χ2v) is 6.72. The van der Waals surface area contributed by atoms with Gasteiger partial charge in [0.05, 0.1) is 0 Å². The van der Waals surface area contributed by atoms with Gasteiger partial charge in [-0.2, -0.15) is 0 Å². The van der Waals surface area contributed by atoms with Crippen molar-refractivity contribution < 1.29 is 4.21 Å². The third-order valence-electron chi connectivity index (χ3n) is 3.21. The van der Waals surface area contributed by atoms with E-state index in [1.165, 1.54) is 6.42 Å². The van der Waals surface area contributed by atoms with Gasteiger partial charge in [0.25, 0.3) is 0 Å². The lowest BCUT2D eigenvalue weighted by Crippen LogP contribution is -2.40. The molecule has 0 spiro atoms. The molecule has 0 atom stereocenters. The van der Waals surface area contributed by atoms with Crippen LogP contribution in [0.1, 0.15) is 40.0 Å². The quantitative estimate of drug-likeness (QED) is 0.779. The maximum absolute atomic E-state index is 11.1. The Kier molecular flexibility index (Phi) is 4.58. The van der Waals surface area contributed by atoms with E-state index in [0.29, 0.717) is 11.5 Å². The summed E-state index contributed by atoms with van der Waals surface area (Å²) in [6, 6.07) is 0.610. The zero-order valence-corrected chi connectivity index (χ0v) is 10.5. The Balaban J connectivity index is 2.22. The lowest BCUT2D eigenvalue weighted by molar-refractivity contribution is 0.302. The first kappa shape index (κ1) is 12.2. The van der Waals surface area contributed by atoms with Crippen molar-refractivity contribution in [3.63, 3.8) is 0 Å². The van der Waals surface area contributed by atoms with Crippen LogP contribution < -0.4 is 5.32 Å². The number of rotatable bonds is 4. The number of hydrogen-bond donors (Lipinski definition) is 1. The van der Waals surface area contributed by atoms with Crippen molar-refractivity contribution in [1.82, 2.24) is 5.32 Å². The first-order chi connectivity index (χ1) is 6.53. The van der Waals surface area contributed by atoms with E-state index < -0.39 is 10.8 Å². The van der Waals surface area contributed by atoms with Gasteiger partial charge in [-0.3, -0.25) is 4.21 Å². The van der Waals surface area contributed by atoms with Gasteiger partial charge in [-0.15, -0.1) is 0 Å². The Labute approximate surface area is 90.3 Å². The van der Waals surface area contributed by atoms with Crippen LogP contribution in [0.3, 0.4) is 0 Å². The lowest BCUT2D eigenvalue weighted by atomic mass is 9.90. The van der Waals surface area contributed by atoms with Gasteiger partial charge in [0, 0.05) is 34.9 Å². The van der Waals surface area contributed by atoms with Gasteiger partial charge in [-0.1, -0.05) is 20.8 Å². The molecule has 0 bridgehead atoms. The van der Waals surface area contributed by atoms with E-state index in [0.717, 1.165) is 30.9 Å². The van der Waals surface area contributed by atoms with E-state index in [4.69, 9.17) is 0 Å². The van der Waals surface area contributed by atoms with Gasteiger partial charge in [0.15, 0.2) is 0 Å². The Morgan fingerprint density at radius 2 is 1.93 bits per heavy atom. The molecule has 1 saturated heterocycles. The largest absolute Gasteiger partial charge is 0.313 e. The molecular formula is C11H23NOS. The highest BCUT2D eigenvalue weighted by molar-refractivity contribution is 7.85. The summed E-state index contributed by atoms with van der Waals surface area (Å²) in [4.78, 5) is 0. The van der Waals surface area contributed by atoms with Crippen LogP contribution in [0.25, 0.3) is 0 Å². The van der Waals surface area contributed by atoms with E-state index in [1.54, 1.807) is 0 Å². The van der Waals surface area contributed by atoms with Gasteiger partial charge in [-0.25, -0.2) is 0 Å². The smallest absolute Gasteiger partial charge is 0.0249 e. The summed E-state index contributed by atoms with van der Waals surface area (Å²) in [5.41, 5.74) is 0.399. The van der Waals surface area contributed by atoms with Gasteiger partial charge in [0.1, 0.15) is 0 Å². The summed E-state index contributed by atoms with van der Waals surface area (Å²) < 4.78 is 11.1. The minimum Gasteiger partial charge on any atom is -0.313 e. The molecule has 1 aliphatic heterocycles. The van der Waals surface area contributed by atoms with E-state index in [9.17, 15) is 4.21 Å². The molecule has 0 aliphatic carbocycles. The molecule has 84 valence electrons. The number of nitrogens with one attached hydrogen (secondary N) is 1. The standard InChI is InChI=1S/C11H23NOS/c1-4-11(2,3)9-12-10-5-7-14(13)8-6-10/h10,12H,4-9H2,1-3H3. The fourth-order valence-electron chi connectivity index (χ4n) is 1.54. The van der Waals surface area contributed by atoms with Crippen LogP contribution in [0, 0.1) is 5.41 Å². The molecule has 0 aromatic carbocycles. The van der Waals surface area contributed by atoms with Crippen molar-refractivity contribution in [2.45, 2.75) is 46.1 Å². The second kappa shape index (κ2) is 5.26. The maximum atomic E-state index is 11.1. The zero-order valence-electron chi connectivity index (χ0n) is 9.64. The molecular weight excluding hydrogens is 194 g/mol. The van der Waals surface area contributed by atoms with E-state index in [2.05, 4.69) is 26.1 Å². The van der Waals surface area contributed by atoms with E-state index >= 15 is 0 Å². The zero-order chi connectivity index (χ0) is 10.6. The van der Waals surface area contributed by atoms with Gasteiger partial charge in [-0.05, 0) is 24.7 Å². The van der Waals surface area contributed by atoms with Gasteiger partial charge < -0.3 is 5.32 Å². The normalized spacial score (nSPS) is 29.1. The predicted molar refractivity (Wildman–Crippen MR) is 63.0 cm³/mol. The third kappa shape index (κ3) is 4.09. The molecule has 0 amide bonds. The van der Waals surface area contributed by atoms with E-state index in [1.807, 2.05) is 0 Å². The summed E-state index contributed by atoms with van der Waals surface area (Å²) in [5.74, 6) is 1.79. The lowest BCUT2D eigenvalue weighted by Gasteiger charge is -2.29. The summed E-state index contributed by atoms with van der Waals surface area (Å²) in [5, 5.41) is 3.60. The molecule has 1 rings (SSSR count). The molecule has 0 radical (unpaired) electrons. The maximum Gasteiger partial charge on any atom is 0.0249 e. The first-order valence-electron chi connectivity index (χ1n) is 5.62. The molecule has 1 aliphatic rings. The summed E-state index contributed by atoms with van der Waals surface area (Å²) in [6.45, 7) is 7.90. The molecule has 0 aromatic rings. The minimum absolute atomic E-state index is 0.399. The van der Waals surface area contributed by atoms with Crippen molar-refractivity contribution >= 4 is 10.8 Å². The van der Waals surface area contributed by atoms with Crippen LogP contribution in [-0.4, -0.2) is 28.3 Å². The number of hydrogen-bond acceptors (Lipinski definition) is 2. The topological polar surface area (TPSA) is 29.1 Å². The van der Waals surface area contributed by atoms with Gasteiger partial charge >= 0.3 is 0 Å². The predicted octanol–water partition coefficient (Wildman–Crippen LogP) is 1.92. The van der Waals surface area contributed by atoms with Gasteiger partial charge in [0.2, 0.25) is 0 Å². The van der Waals surface area contributed by atoms with Crippen LogP contribution in [0.15, 0.2) is 0 Å². The van der Waals surface area contributed by atoms with Crippen LogP contribution in [0.2, 0.25) is 0 Å². The Morgan fingerprint density at radius 3 is 2.43 bits per heavy atom. The summed E-state index contributed by atoms with van der Waals surface area (Å²) in [7, 11) is -0.527. The van der Waals surface area contributed by atoms with Crippen molar-refractivity contribution in [3.8, 4) is 0 Å². The molecule has 14 heavy (non-hydrogen) atoms. The Bertz CT molecular complexity index is 193. The molecule has 1 N–H and O–H groups in total. The molecule has 1 fully saturated rings. The van der Waals surface area contributed by atoms with Crippen molar-refractivity contribution in [1.29, 1.82) is 0 Å². The minimum atomic E-state index is -0.527. The monoisotopic (exact) mass is 217 g/mol. The van der Waals surface area contributed by atoms with Crippen molar-refractivity contribution in [2.24, 2.45) is 5.41 Å². The molecule has 0 unspecified atom stereocenters. The van der Waals surface area contributed by atoms with Crippen LogP contribution in [-0.2, 0) is 10.8 Å². The summed E-state index contributed by atoms with van der Waals surface area (Å²) >= 11 is 0. The second-order valence-electron chi connectivity index (χ2n) is 5.02. The summed E-state index contributed by atoms with van der Waals surface area (Å²) in [6.07, 6.45) is 3.39.